The van der Waals surface area contributed by atoms with E-state index in [2.05, 4.69) is 0 Å². The molecule has 0 N–H and O–H groups in total. The van der Waals surface area contributed by atoms with Crippen molar-refractivity contribution in [1.82, 2.24) is 0 Å². The minimum Gasteiger partial charge on any atom is -0.496 e. The number of nitro groups is 1. The number of benzene rings is 2. The molecule has 1 aromatic heterocycles. The standard InChI is InChI=1S/C22H14ClNO6/c1-28-21-12-16(24(26)27)6-8-18(21)19-9-7-17(29-19)10-14-11-20(30-22(14)25)13-2-4-15(23)5-3-13/h2-12H,1H3/b14-10+. The number of nitro benzene ring substituents is 1. The number of carbonyl (C=O) groups is 1. The maximum Gasteiger partial charge on any atom is 0.343 e. The third-order valence-electron chi connectivity index (χ3n) is 4.44. The zero-order valence-electron chi connectivity index (χ0n) is 15.6. The lowest BCUT2D eigenvalue weighted by Crippen LogP contribution is -1.96. The van der Waals surface area contributed by atoms with Crippen molar-refractivity contribution in [3.05, 3.63) is 92.7 Å². The number of halogens is 1. The monoisotopic (exact) mass is 423 g/mol. The number of cyclic esters (lactones) is 1. The first-order valence-corrected chi connectivity index (χ1v) is 9.16. The number of carbonyl (C=O) groups excluding carboxylic acids is 1. The molecule has 0 aliphatic carbocycles. The van der Waals surface area contributed by atoms with Gasteiger partial charge in [0.2, 0.25) is 0 Å². The van der Waals surface area contributed by atoms with Crippen LogP contribution in [0, 0.1) is 10.1 Å². The highest BCUT2D eigenvalue weighted by Crippen LogP contribution is 2.35. The number of rotatable bonds is 5. The van der Waals surface area contributed by atoms with E-state index in [1.165, 1.54) is 19.2 Å². The third-order valence-corrected chi connectivity index (χ3v) is 4.69. The van der Waals surface area contributed by atoms with Crippen molar-refractivity contribution >= 4 is 35.1 Å². The van der Waals surface area contributed by atoms with E-state index in [-0.39, 0.29) is 5.69 Å². The highest BCUT2D eigenvalue weighted by molar-refractivity contribution is 6.30. The molecule has 1 aliphatic heterocycles. The van der Waals surface area contributed by atoms with Gasteiger partial charge in [0.1, 0.15) is 23.0 Å². The Hall–Kier alpha value is -3.84. The largest absolute Gasteiger partial charge is 0.496 e. The highest BCUT2D eigenvalue weighted by Gasteiger charge is 2.23. The Morgan fingerprint density at radius 2 is 1.87 bits per heavy atom. The molecule has 2 aromatic carbocycles. The summed E-state index contributed by atoms with van der Waals surface area (Å²) in [7, 11) is 1.42. The average molecular weight is 424 g/mol. The zero-order valence-corrected chi connectivity index (χ0v) is 16.4. The Morgan fingerprint density at radius 3 is 2.57 bits per heavy atom. The van der Waals surface area contributed by atoms with Crippen LogP contribution in [0.2, 0.25) is 5.02 Å². The second-order valence-corrected chi connectivity index (χ2v) is 6.78. The summed E-state index contributed by atoms with van der Waals surface area (Å²) in [5.41, 5.74) is 1.53. The zero-order chi connectivity index (χ0) is 21.3. The van der Waals surface area contributed by atoms with E-state index in [4.69, 9.17) is 25.5 Å². The molecule has 0 saturated carbocycles. The maximum atomic E-state index is 12.2. The molecule has 150 valence electrons. The van der Waals surface area contributed by atoms with Gasteiger partial charge in [-0.25, -0.2) is 4.79 Å². The molecule has 30 heavy (non-hydrogen) atoms. The first-order chi connectivity index (χ1) is 14.4. The smallest absolute Gasteiger partial charge is 0.343 e. The van der Waals surface area contributed by atoms with E-state index in [9.17, 15) is 14.9 Å². The van der Waals surface area contributed by atoms with E-state index < -0.39 is 10.9 Å². The number of esters is 1. The Morgan fingerprint density at radius 1 is 1.10 bits per heavy atom. The van der Waals surface area contributed by atoms with Crippen molar-refractivity contribution in [2.75, 3.05) is 7.11 Å². The molecule has 0 radical (unpaired) electrons. The molecule has 7 nitrogen and oxygen atoms in total. The van der Waals surface area contributed by atoms with E-state index in [1.807, 2.05) is 0 Å². The van der Waals surface area contributed by atoms with E-state index in [0.29, 0.717) is 39.2 Å². The van der Waals surface area contributed by atoms with Crippen molar-refractivity contribution in [2.45, 2.75) is 0 Å². The van der Waals surface area contributed by atoms with Gasteiger partial charge in [-0.1, -0.05) is 11.6 Å². The first kappa shape index (κ1) is 19.5. The molecule has 2 heterocycles. The summed E-state index contributed by atoms with van der Waals surface area (Å²) < 4.78 is 16.4. The fourth-order valence-electron chi connectivity index (χ4n) is 2.97. The van der Waals surface area contributed by atoms with Gasteiger partial charge in [0.15, 0.2) is 0 Å². The van der Waals surface area contributed by atoms with Crippen LogP contribution in [-0.4, -0.2) is 18.0 Å². The van der Waals surface area contributed by atoms with Crippen LogP contribution in [0.25, 0.3) is 23.2 Å². The van der Waals surface area contributed by atoms with E-state index in [0.717, 1.165) is 5.56 Å². The molecular weight excluding hydrogens is 410 g/mol. The lowest BCUT2D eigenvalue weighted by molar-refractivity contribution is -0.384. The molecule has 0 unspecified atom stereocenters. The van der Waals surface area contributed by atoms with Crippen LogP contribution in [0.5, 0.6) is 5.75 Å². The topological polar surface area (TPSA) is 91.8 Å². The van der Waals surface area contributed by atoms with Crippen molar-refractivity contribution in [1.29, 1.82) is 0 Å². The summed E-state index contributed by atoms with van der Waals surface area (Å²) in [6.45, 7) is 0. The molecule has 0 atom stereocenters. The van der Waals surface area contributed by atoms with Gasteiger partial charge in [-0.15, -0.1) is 0 Å². The molecule has 0 saturated heterocycles. The van der Waals surface area contributed by atoms with Gasteiger partial charge in [-0.2, -0.15) is 0 Å². The summed E-state index contributed by atoms with van der Waals surface area (Å²) in [6, 6.07) is 14.6. The average Bonchev–Trinajstić information content (AvgIpc) is 3.35. The Balaban J connectivity index is 1.63. The Kier molecular flexibility index (Phi) is 5.12. The first-order valence-electron chi connectivity index (χ1n) is 8.79. The second-order valence-electron chi connectivity index (χ2n) is 6.35. The predicted molar refractivity (Wildman–Crippen MR) is 111 cm³/mol. The molecule has 0 amide bonds. The number of hydrogen-bond acceptors (Lipinski definition) is 6. The minimum atomic E-state index is -0.499. The molecule has 8 heteroatoms. The van der Waals surface area contributed by atoms with Crippen LogP contribution in [0.1, 0.15) is 11.3 Å². The number of non-ortho nitro benzene ring substituents is 1. The minimum absolute atomic E-state index is 0.0851. The Labute approximate surface area is 175 Å². The molecule has 0 bridgehead atoms. The fourth-order valence-corrected chi connectivity index (χ4v) is 3.10. The third kappa shape index (κ3) is 3.83. The fraction of sp³-hybridized carbons (Fsp3) is 0.0455. The second kappa shape index (κ2) is 7.88. The number of hydrogen-bond donors (Lipinski definition) is 0. The van der Waals surface area contributed by atoms with Gasteiger partial charge in [-0.05, 0) is 54.6 Å². The SMILES string of the molecule is COc1cc([N+](=O)[O-])ccc1-c1ccc(/C=C2\C=C(c3ccc(Cl)cc3)OC2=O)o1. The lowest BCUT2D eigenvalue weighted by Gasteiger charge is -2.05. The Bertz CT molecular complexity index is 1210. The van der Waals surface area contributed by atoms with Crippen LogP contribution in [0.3, 0.4) is 0 Å². The summed E-state index contributed by atoms with van der Waals surface area (Å²) >= 11 is 5.89. The van der Waals surface area contributed by atoms with Crippen LogP contribution in [0.4, 0.5) is 5.69 Å². The molecular formula is C22H14ClNO6. The maximum absolute atomic E-state index is 12.2. The molecule has 0 fully saturated rings. The van der Waals surface area contributed by atoms with Gasteiger partial charge in [0, 0.05) is 16.7 Å². The molecule has 1 aliphatic rings. The van der Waals surface area contributed by atoms with Crippen molar-refractivity contribution < 1.29 is 23.6 Å². The van der Waals surface area contributed by atoms with Crippen LogP contribution >= 0.6 is 11.6 Å². The van der Waals surface area contributed by atoms with Crippen LogP contribution in [0.15, 0.2) is 70.7 Å². The quantitative estimate of drug-likeness (QED) is 0.233. The number of methoxy groups -OCH3 is 1. The van der Waals surface area contributed by atoms with E-state index >= 15 is 0 Å². The molecule has 3 aromatic rings. The van der Waals surface area contributed by atoms with Crippen LogP contribution < -0.4 is 4.74 Å². The van der Waals surface area contributed by atoms with Gasteiger partial charge in [-0.3, -0.25) is 10.1 Å². The van der Waals surface area contributed by atoms with Gasteiger partial charge in [0.25, 0.3) is 5.69 Å². The normalized spacial score (nSPS) is 14.5. The van der Waals surface area contributed by atoms with Gasteiger partial charge < -0.3 is 13.9 Å². The summed E-state index contributed by atoms with van der Waals surface area (Å²) in [5.74, 6) is 1.10. The lowest BCUT2D eigenvalue weighted by atomic mass is 10.1. The van der Waals surface area contributed by atoms with Crippen molar-refractivity contribution in [2.24, 2.45) is 0 Å². The molecule has 4 rings (SSSR count). The van der Waals surface area contributed by atoms with Gasteiger partial charge >= 0.3 is 5.97 Å². The van der Waals surface area contributed by atoms with Gasteiger partial charge in [0.05, 0.1) is 29.2 Å². The van der Waals surface area contributed by atoms with Crippen molar-refractivity contribution in [3.63, 3.8) is 0 Å². The highest BCUT2D eigenvalue weighted by atomic mass is 35.5. The van der Waals surface area contributed by atoms with Crippen LogP contribution in [-0.2, 0) is 9.53 Å². The summed E-state index contributed by atoms with van der Waals surface area (Å²) in [4.78, 5) is 22.7. The summed E-state index contributed by atoms with van der Waals surface area (Å²) in [6.07, 6.45) is 3.19. The number of ether oxygens (including phenoxy) is 2. The number of furan rings is 1. The molecule has 0 spiro atoms. The predicted octanol–water partition coefficient (Wildman–Crippen LogP) is 5.50. The van der Waals surface area contributed by atoms with E-state index in [1.54, 1.807) is 54.6 Å². The van der Waals surface area contributed by atoms with Crippen molar-refractivity contribution in [3.8, 4) is 17.1 Å². The summed E-state index contributed by atoms with van der Waals surface area (Å²) in [5, 5.41) is 11.5. The number of nitrogens with zero attached hydrogens (tertiary/aromatic N) is 1.